The van der Waals surface area contributed by atoms with Gasteiger partial charge in [-0.25, -0.2) is 9.67 Å². The van der Waals surface area contributed by atoms with Crippen LogP contribution in [0.1, 0.15) is 35.3 Å². The molecule has 1 amide bonds. The molecule has 170 valence electrons. The molecule has 0 atom stereocenters. The molecule has 8 nitrogen and oxygen atoms in total. The molecule has 0 aliphatic heterocycles. The van der Waals surface area contributed by atoms with E-state index in [2.05, 4.69) is 15.4 Å². The van der Waals surface area contributed by atoms with Gasteiger partial charge in [0.15, 0.2) is 5.65 Å². The summed E-state index contributed by atoms with van der Waals surface area (Å²) in [6.07, 6.45) is 3.16. The van der Waals surface area contributed by atoms with Crippen LogP contribution < -0.4 is 15.6 Å². The van der Waals surface area contributed by atoms with Crippen LogP contribution in [-0.2, 0) is 13.1 Å². The summed E-state index contributed by atoms with van der Waals surface area (Å²) >= 11 is 0. The normalized spacial score (nSPS) is 11.2. The molecular formula is C25H27N5O3. The highest BCUT2D eigenvalue weighted by Crippen LogP contribution is 2.14. The van der Waals surface area contributed by atoms with Gasteiger partial charge in [0.05, 0.1) is 25.4 Å². The van der Waals surface area contributed by atoms with Crippen molar-refractivity contribution in [2.75, 3.05) is 6.54 Å². The second-order valence-corrected chi connectivity index (χ2v) is 8.22. The van der Waals surface area contributed by atoms with E-state index >= 15 is 0 Å². The lowest BCUT2D eigenvalue weighted by atomic mass is 10.1. The number of carbonyl (C=O) groups excluding carboxylic acids is 1. The quantitative estimate of drug-likeness (QED) is 0.450. The van der Waals surface area contributed by atoms with Crippen molar-refractivity contribution in [3.63, 3.8) is 0 Å². The Morgan fingerprint density at radius 2 is 1.94 bits per heavy atom. The van der Waals surface area contributed by atoms with Crippen LogP contribution in [-0.4, -0.2) is 37.9 Å². The van der Waals surface area contributed by atoms with Gasteiger partial charge >= 0.3 is 0 Å². The predicted molar refractivity (Wildman–Crippen MR) is 127 cm³/mol. The van der Waals surface area contributed by atoms with Gasteiger partial charge in [-0.05, 0) is 50.6 Å². The minimum atomic E-state index is -0.184. The zero-order chi connectivity index (χ0) is 23.4. The summed E-state index contributed by atoms with van der Waals surface area (Å²) < 4.78 is 8.81. The van der Waals surface area contributed by atoms with Gasteiger partial charge in [-0.2, -0.15) is 5.10 Å². The van der Waals surface area contributed by atoms with Crippen LogP contribution >= 0.6 is 0 Å². The third kappa shape index (κ3) is 5.28. The van der Waals surface area contributed by atoms with Crippen LogP contribution in [0.5, 0.6) is 5.75 Å². The zero-order valence-electron chi connectivity index (χ0n) is 19.0. The first kappa shape index (κ1) is 22.3. The van der Waals surface area contributed by atoms with Crippen molar-refractivity contribution in [3.05, 3.63) is 88.1 Å². The maximum absolute atomic E-state index is 12.9. The lowest BCUT2D eigenvalue weighted by Crippen LogP contribution is -2.27. The van der Waals surface area contributed by atoms with Gasteiger partial charge in [0, 0.05) is 12.1 Å². The summed E-state index contributed by atoms with van der Waals surface area (Å²) in [5.41, 5.74) is 3.10. The Hall–Kier alpha value is -3.94. The number of carbonyl (C=O) groups is 1. The van der Waals surface area contributed by atoms with E-state index in [0.717, 1.165) is 16.9 Å². The lowest BCUT2D eigenvalue weighted by molar-refractivity contribution is 0.0952. The summed E-state index contributed by atoms with van der Waals surface area (Å²) in [6, 6.07) is 15.1. The maximum atomic E-state index is 12.9. The van der Waals surface area contributed by atoms with Crippen molar-refractivity contribution in [1.82, 2.24) is 24.6 Å². The van der Waals surface area contributed by atoms with Gasteiger partial charge in [-0.1, -0.05) is 29.8 Å². The summed E-state index contributed by atoms with van der Waals surface area (Å²) in [5, 5.41) is 7.63. The molecule has 0 saturated carbocycles. The molecule has 33 heavy (non-hydrogen) atoms. The Bertz CT molecular complexity index is 1320. The smallest absolute Gasteiger partial charge is 0.264 e. The summed E-state index contributed by atoms with van der Waals surface area (Å²) in [5.74, 6) is 0.541. The highest BCUT2D eigenvalue weighted by atomic mass is 16.5. The number of nitrogens with one attached hydrogen (secondary N) is 1. The van der Waals surface area contributed by atoms with Crippen molar-refractivity contribution in [3.8, 4) is 5.75 Å². The Kier molecular flexibility index (Phi) is 6.53. The zero-order valence-corrected chi connectivity index (χ0v) is 19.0. The fraction of sp³-hybridized carbons (Fsp3) is 0.280. The average molecular weight is 446 g/mol. The first-order valence-electron chi connectivity index (χ1n) is 10.9. The van der Waals surface area contributed by atoms with E-state index in [9.17, 15) is 9.59 Å². The highest BCUT2D eigenvalue weighted by molar-refractivity contribution is 5.94. The highest BCUT2D eigenvalue weighted by Gasteiger charge is 2.11. The second-order valence-electron chi connectivity index (χ2n) is 8.22. The largest absolute Gasteiger partial charge is 0.491 e. The SMILES string of the molecule is Cc1cccc(Cn2cnc3c(cnn3CCNC(=O)c3ccc(OC(C)C)cc3)c2=O)c1. The Morgan fingerprint density at radius 1 is 1.15 bits per heavy atom. The molecule has 2 aromatic carbocycles. The van der Waals surface area contributed by atoms with Crippen molar-refractivity contribution >= 4 is 16.9 Å². The van der Waals surface area contributed by atoms with Crippen LogP contribution in [0.2, 0.25) is 0 Å². The van der Waals surface area contributed by atoms with Crippen molar-refractivity contribution in [2.45, 2.75) is 40.0 Å². The summed E-state index contributed by atoms with van der Waals surface area (Å²) in [6.45, 7) is 7.13. The van der Waals surface area contributed by atoms with Crippen LogP contribution in [0.25, 0.3) is 11.0 Å². The van der Waals surface area contributed by atoms with Crippen LogP contribution in [0.4, 0.5) is 0 Å². The van der Waals surface area contributed by atoms with Gasteiger partial charge < -0.3 is 10.1 Å². The number of hydrogen-bond acceptors (Lipinski definition) is 5. The molecule has 1 N–H and O–H groups in total. The van der Waals surface area contributed by atoms with Crippen LogP contribution in [0.15, 0.2) is 65.8 Å². The standard InChI is InChI=1S/C25H27N5O3/c1-17(2)33-21-9-7-20(8-10-21)24(31)26-11-12-30-23-22(14-28-30)25(32)29(16-27-23)15-19-6-4-5-18(3)13-19/h4-10,13-14,16-17H,11-12,15H2,1-3H3,(H,26,31). The predicted octanol–water partition coefficient (Wildman–Crippen LogP) is 3.17. The number of rotatable bonds is 8. The van der Waals surface area contributed by atoms with Crippen molar-refractivity contribution in [1.29, 1.82) is 0 Å². The van der Waals surface area contributed by atoms with Gasteiger partial charge in [0.1, 0.15) is 17.5 Å². The third-order valence-corrected chi connectivity index (χ3v) is 5.16. The molecular weight excluding hydrogens is 418 g/mol. The van der Waals surface area contributed by atoms with Crippen LogP contribution in [0.3, 0.4) is 0 Å². The van der Waals surface area contributed by atoms with Crippen molar-refractivity contribution < 1.29 is 9.53 Å². The topological polar surface area (TPSA) is 91.0 Å². The van der Waals surface area contributed by atoms with Gasteiger partial charge in [0.25, 0.3) is 11.5 Å². The van der Waals surface area contributed by atoms with Gasteiger partial charge in [0.2, 0.25) is 0 Å². The molecule has 0 bridgehead atoms. The van der Waals surface area contributed by atoms with Gasteiger partial charge in [-0.15, -0.1) is 0 Å². The molecule has 0 radical (unpaired) electrons. The molecule has 4 rings (SSSR count). The van der Waals surface area contributed by atoms with E-state index in [1.807, 2.05) is 45.0 Å². The van der Waals surface area contributed by atoms with E-state index < -0.39 is 0 Å². The molecule has 0 aliphatic rings. The number of nitrogens with zero attached hydrogens (tertiary/aromatic N) is 4. The van der Waals surface area contributed by atoms with E-state index in [1.165, 1.54) is 6.20 Å². The average Bonchev–Trinajstić information content (AvgIpc) is 3.19. The number of benzene rings is 2. The second kappa shape index (κ2) is 9.68. The minimum Gasteiger partial charge on any atom is -0.491 e. The molecule has 2 heterocycles. The van der Waals surface area contributed by atoms with E-state index in [0.29, 0.717) is 36.2 Å². The third-order valence-electron chi connectivity index (χ3n) is 5.16. The lowest BCUT2D eigenvalue weighted by Gasteiger charge is -2.10. The van der Waals surface area contributed by atoms with E-state index in [4.69, 9.17) is 4.74 Å². The number of fused-ring (bicyclic) bond motifs is 1. The summed E-state index contributed by atoms with van der Waals surface area (Å²) in [7, 11) is 0. The fourth-order valence-electron chi connectivity index (χ4n) is 3.62. The number of aryl methyl sites for hydroxylation is 1. The Morgan fingerprint density at radius 3 is 2.67 bits per heavy atom. The fourth-order valence-corrected chi connectivity index (χ4v) is 3.62. The molecule has 0 fully saturated rings. The number of hydrogen-bond donors (Lipinski definition) is 1. The number of amides is 1. The molecule has 0 spiro atoms. The summed E-state index contributed by atoms with van der Waals surface area (Å²) in [4.78, 5) is 29.7. The maximum Gasteiger partial charge on any atom is 0.264 e. The molecule has 0 saturated heterocycles. The molecule has 8 heteroatoms. The molecule has 4 aromatic rings. The molecule has 0 aliphatic carbocycles. The Labute approximate surface area is 191 Å². The molecule has 2 aromatic heterocycles. The van der Waals surface area contributed by atoms with Crippen LogP contribution in [0, 0.1) is 6.92 Å². The van der Waals surface area contributed by atoms with E-state index in [1.54, 1.807) is 39.8 Å². The number of ether oxygens (including phenoxy) is 1. The number of aromatic nitrogens is 4. The first-order chi connectivity index (χ1) is 15.9. The molecule has 0 unspecified atom stereocenters. The first-order valence-corrected chi connectivity index (χ1v) is 10.9. The van der Waals surface area contributed by atoms with Gasteiger partial charge in [-0.3, -0.25) is 14.2 Å². The van der Waals surface area contributed by atoms with Crippen molar-refractivity contribution in [2.24, 2.45) is 0 Å². The minimum absolute atomic E-state index is 0.0776. The van der Waals surface area contributed by atoms with E-state index in [-0.39, 0.29) is 17.6 Å². The monoisotopic (exact) mass is 445 g/mol. The Balaban J connectivity index is 1.39.